The Morgan fingerprint density at radius 1 is 1.09 bits per heavy atom. The fraction of sp³-hybridized carbons (Fsp3) is 0.208. The molecule has 0 unspecified atom stereocenters. The second-order valence-electron chi connectivity index (χ2n) is 6.90. The maximum atomic E-state index is 12.5. The average molecular weight is 466 g/mol. The molecular formula is C24H23N3O3S2. The summed E-state index contributed by atoms with van der Waals surface area (Å²) in [6.45, 7) is 4.04. The van der Waals surface area contributed by atoms with E-state index >= 15 is 0 Å². The van der Waals surface area contributed by atoms with Crippen molar-refractivity contribution >= 4 is 50.8 Å². The number of carbonyl (C=O) groups is 1. The molecular weight excluding hydrogens is 442 g/mol. The van der Waals surface area contributed by atoms with Gasteiger partial charge in [0.25, 0.3) is 0 Å². The van der Waals surface area contributed by atoms with Crippen LogP contribution in [0, 0.1) is 6.92 Å². The van der Waals surface area contributed by atoms with Crippen LogP contribution in [0.25, 0.3) is 10.2 Å². The number of benzene rings is 2. The van der Waals surface area contributed by atoms with Crippen molar-refractivity contribution in [2.24, 2.45) is 0 Å². The number of hydrogen-bond donors (Lipinski definition) is 1. The predicted molar refractivity (Wildman–Crippen MR) is 130 cm³/mol. The summed E-state index contributed by atoms with van der Waals surface area (Å²) < 4.78 is 10.5. The third-order valence-corrected chi connectivity index (χ3v) is 6.93. The molecule has 1 N–H and O–H groups in total. The number of aryl methyl sites for hydroxylation is 1. The van der Waals surface area contributed by atoms with Crippen molar-refractivity contribution in [3.63, 3.8) is 0 Å². The minimum absolute atomic E-state index is 0.327. The summed E-state index contributed by atoms with van der Waals surface area (Å²) in [4.78, 5) is 24.5. The van der Waals surface area contributed by atoms with Crippen LogP contribution in [-0.4, -0.2) is 29.7 Å². The largest absolute Gasteiger partial charge is 0.497 e. The van der Waals surface area contributed by atoms with Gasteiger partial charge in [0.15, 0.2) is 0 Å². The minimum Gasteiger partial charge on any atom is -0.497 e. The fourth-order valence-electron chi connectivity index (χ4n) is 3.21. The first-order valence-electron chi connectivity index (χ1n) is 10.1. The van der Waals surface area contributed by atoms with E-state index < -0.39 is 0 Å². The van der Waals surface area contributed by atoms with E-state index in [0.29, 0.717) is 28.9 Å². The lowest BCUT2D eigenvalue weighted by atomic mass is 10.2. The van der Waals surface area contributed by atoms with Crippen LogP contribution in [0.2, 0.25) is 0 Å². The van der Waals surface area contributed by atoms with E-state index in [0.717, 1.165) is 32.1 Å². The van der Waals surface area contributed by atoms with Gasteiger partial charge >= 0.3 is 5.97 Å². The molecule has 0 aliphatic rings. The third-order valence-electron chi connectivity index (χ3n) is 4.76. The number of nitrogens with zero attached hydrogens (tertiary/aromatic N) is 2. The number of fused-ring (bicyclic) bond motifs is 1. The van der Waals surface area contributed by atoms with Crippen LogP contribution in [0.4, 0.5) is 11.5 Å². The van der Waals surface area contributed by atoms with Crippen LogP contribution in [0.1, 0.15) is 28.0 Å². The molecule has 0 fully saturated rings. The summed E-state index contributed by atoms with van der Waals surface area (Å²) in [6.07, 6.45) is 0. The molecule has 164 valence electrons. The first-order chi connectivity index (χ1) is 15.6. The summed E-state index contributed by atoms with van der Waals surface area (Å²) in [7, 11) is 1.64. The molecule has 4 aromatic rings. The summed E-state index contributed by atoms with van der Waals surface area (Å²) in [5, 5.41) is 4.24. The van der Waals surface area contributed by atoms with Crippen LogP contribution in [0.15, 0.2) is 59.5 Å². The summed E-state index contributed by atoms with van der Waals surface area (Å²) in [5.41, 5.74) is 1.69. The maximum Gasteiger partial charge on any atom is 0.348 e. The lowest BCUT2D eigenvalue weighted by molar-refractivity contribution is 0.0531. The predicted octanol–water partition coefficient (Wildman–Crippen LogP) is 6.22. The van der Waals surface area contributed by atoms with Crippen LogP contribution < -0.4 is 10.1 Å². The van der Waals surface area contributed by atoms with Crippen LogP contribution in [0.3, 0.4) is 0 Å². The number of carbonyl (C=O) groups excluding carboxylic acids is 1. The van der Waals surface area contributed by atoms with Crippen LogP contribution >= 0.6 is 23.1 Å². The highest BCUT2D eigenvalue weighted by Crippen LogP contribution is 2.36. The third kappa shape index (κ3) is 4.87. The summed E-state index contributed by atoms with van der Waals surface area (Å²) >= 11 is 3.01. The van der Waals surface area contributed by atoms with E-state index in [1.807, 2.05) is 49.4 Å². The van der Waals surface area contributed by atoms with Crippen LogP contribution in [0.5, 0.6) is 5.75 Å². The number of nitrogens with one attached hydrogen (secondary N) is 1. The van der Waals surface area contributed by atoms with Gasteiger partial charge in [0.1, 0.15) is 27.1 Å². The van der Waals surface area contributed by atoms with Crippen molar-refractivity contribution < 1.29 is 14.3 Å². The number of rotatable bonds is 8. The monoisotopic (exact) mass is 465 g/mol. The summed E-state index contributed by atoms with van der Waals surface area (Å²) in [6, 6.07) is 17.8. The van der Waals surface area contributed by atoms with Crippen molar-refractivity contribution in [1.29, 1.82) is 0 Å². The Morgan fingerprint density at radius 3 is 2.53 bits per heavy atom. The molecule has 0 atom stereocenters. The SMILES string of the molecule is CCOC(=O)c1sc2nc(CSc3ccccc3)nc(Nc3ccc(OC)cc3)c2c1C. The molecule has 2 aromatic carbocycles. The van der Waals surface area contributed by atoms with Gasteiger partial charge in [-0.3, -0.25) is 0 Å². The van der Waals surface area contributed by atoms with E-state index in [9.17, 15) is 4.79 Å². The maximum absolute atomic E-state index is 12.5. The number of aromatic nitrogens is 2. The number of thiophene rings is 1. The number of anilines is 2. The smallest absolute Gasteiger partial charge is 0.348 e. The number of thioether (sulfide) groups is 1. The van der Waals surface area contributed by atoms with E-state index in [1.54, 1.807) is 25.8 Å². The first kappa shape index (κ1) is 22.1. The van der Waals surface area contributed by atoms with Gasteiger partial charge in [-0.1, -0.05) is 18.2 Å². The molecule has 0 amide bonds. The Hall–Kier alpha value is -3.10. The van der Waals surface area contributed by atoms with Gasteiger partial charge < -0.3 is 14.8 Å². The molecule has 0 saturated heterocycles. The van der Waals surface area contributed by atoms with Crippen molar-refractivity contribution in [1.82, 2.24) is 9.97 Å². The second kappa shape index (κ2) is 10.0. The molecule has 0 spiro atoms. The second-order valence-corrected chi connectivity index (χ2v) is 8.95. The quantitative estimate of drug-likeness (QED) is 0.244. The molecule has 2 aromatic heterocycles. The number of esters is 1. The Morgan fingerprint density at radius 2 is 1.84 bits per heavy atom. The highest BCUT2D eigenvalue weighted by molar-refractivity contribution is 7.98. The number of methoxy groups -OCH3 is 1. The van der Waals surface area contributed by atoms with E-state index in [4.69, 9.17) is 19.4 Å². The van der Waals surface area contributed by atoms with Crippen LogP contribution in [-0.2, 0) is 10.5 Å². The molecule has 6 nitrogen and oxygen atoms in total. The highest BCUT2D eigenvalue weighted by Gasteiger charge is 2.21. The Labute approximate surface area is 195 Å². The molecule has 0 aliphatic heterocycles. The average Bonchev–Trinajstić information content (AvgIpc) is 3.16. The zero-order chi connectivity index (χ0) is 22.5. The van der Waals surface area contributed by atoms with Crippen molar-refractivity contribution in [3.8, 4) is 5.75 Å². The first-order valence-corrected chi connectivity index (χ1v) is 11.9. The number of hydrogen-bond acceptors (Lipinski definition) is 8. The van der Waals surface area contributed by atoms with E-state index in [-0.39, 0.29) is 5.97 Å². The fourth-order valence-corrected chi connectivity index (χ4v) is 5.07. The van der Waals surface area contributed by atoms with Crippen molar-refractivity contribution in [2.75, 3.05) is 19.0 Å². The lowest BCUT2D eigenvalue weighted by Crippen LogP contribution is -2.04. The topological polar surface area (TPSA) is 73.3 Å². The zero-order valence-electron chi connectivity index (χ0n) is 18.0. The van der Waals surface area contributed by atoms with Gasteiger partial charge in [-0.05, 0) is 55.8 Å². The Balaban J connectivity index is 1.73. The Kier molecular flexibility index (Phi) is 6.92. The Bertz CT molecular complexity index is 1220. The van der Waals surface area contributed by atoms with Gasteiger partial charge in [0.2, 0.25) is 0 Å². The molecule has 0 aliphatic carbocycles. The van der Waals surface area contributed by atoms with Crippen molar-refractivity contribution in [3.05, 3.63) is 70.9 Å². The molecule has 4 rings (SSSR count). The molecule has 8 heteroatoms. The molecule has 0 saturated carbocycles. The van der Waals surface area contributed by atoms with Crippen molar-refractivity contribution in [2.45, 2.75) is 24.5 Å². The molecule has 2 heterocycles. The summed E-state index contributed by atoms with van der Waals surface area (Å²) in [5.74, 6) is 2.43. The zero-order valence-corrected chi connectivity index (χ0v) is 19.7. The van der Waals surface area contributed by atoms with Gasteiger partial charge in [-0.2, -0.15) is 0 Å². The minimum atomic E-state index is -0.330. The van der Waals surface area contributed by atoms with Gasteiger partial charge in [0.05, 0.1) is 24.9 Å². The normalized spacial score (nSPS) is 10.8. The number of ether oxygens (including phenoxy) is 2. The van der Waals surface area contributed by atoms with Gasteiger partial charge in [0, 0.05) is 10.6 Å². The van der Waals surface area contributed by atoms with E-state index in [2.05, 4.69) is 17.4 Å². The molecule has 32 heavy (non-hydrogen) atoms. The van der Waals surface area contributed by atoms with E-state index in [1.165, 1.54) is 11.3 Å². The van der Waals surface area contributed by atoms with Gasteiger partial charge in [-0.25, -0.2) is 14.8 Å². The standard InChI is InChI=1S/C24H23N3O3S2/c1-4-30-24(28)21-15(2)20-22(25-16-10-12-17(29-3)13-11-16)26-19(27-23(20)32-21)14-31-18-8-6-5-7-9-18/h5-13H,4,14H2,1-3H3,(H,25,26,27). The molecule has 0 radical (unpaired) electrons. The lowest BCUT2D eigenvalue weighted by Gasteiger charge is -2.10. The molecule has 0 bridgehead atoms. The highest BCUT2D eigenvalue weighted by atomic mass is 32.2. The van der Waals surface area contributed by atoms with Gasteiger partial charge in [-0.15, -0.1) is 23.1 Å².